The fraction of sp³-hybridized carbons (Fsp3) is 0.526. The summed E-state index contributed by atoms with van der Waals surface area (Å²) in [6.45, 7) is 6.73. The first-order valence-corrected chi connectivity index (χ1v) is 9.31. The molecule has 160 valence electrons. The molecule has 10 heteroatoms. The predicted molar refractivity (Wildman–Crippen MR) is 121 cm³/mol. The maximum absolute atomic E-state index is 5.50. The summed E-state index contributed by atoms with van der Waals surface area (Å²) in [4.78, 5) is 13.2. The lowest BCUT2D eigenvalue weighted by Gasteiger charge is -2.36. The molecule has 1 aliphatic heterocycles. The number of aryl methyl sites for hydroxylation is 1. The Morgan fingerprint density at radius 1 is 1.21 bits per heavy atom. The molecule has 0 bridgehead atoms. The van der Waals surface area contributed by atoms with Crippen molar-refractivity contribution in [2.45, 2.75) is 20.0 Å². The van der Waals surface area contributed by atoms with Crippen molar-refractivity contribution in [2.75, 3.05) is 47.4 Å². The van der Waals surface area contributed by atoms with Crippen LogP contribution in [0.15, 0.2) is 27.7 Å². The van der Waals surface area contributed by atoms with Crippen molar-refractivity contribution in [2.24, 2.45) is 4.99 Å². The summed E-state index contributed by atoms with van der Waals surface area (Å²) in [5, 5.41) is 7.21. The van der Waals surface area contributed by atoms with Crippen LogP contribution in [0.2, 0.25) is 0 Å². The summed E-state index contributed by atoms with van der Waals surface area (Å²) in [6.07, 6.45) is 0. The Balaban J connectivity index is 0.00000300. The van der Waals surface area contributed by atoms with Gasteiger partial charge in [-0.3, -0.25) is 9.89 Å². The fourth-order valence-corrected chi connectivity index (χ4v) is 3.27. The largest absolute Gasteiger partial charge is 0.497 e. The molecule has 0 unspecified atom stereocenters. The monoisotopic (exact) mass is 516 g/mol. The van der Waals surface area contributed by atoms with Crippen LogP contribution in [-0.4, -0.2) is 73.3 Å². The molecule has 0 atom stereocenters. The third-order valence-corrected chi connectivity index (χ3v) is 4.74. The Hall–Kier alpha value is -2.08. The van der Waals surface area contributed by atoms with E-state index in [2.05, 4.69) is 30.2 Å². The molecule has 3 rings (SSSR count). The van der Waals surface area contributed by atoms with Crippen LogP contribution in [0, 0.1) is 6.92 Å². The molecule has 9 nitrogen and oxygen atoms in total. The Morgan fingerprint density at radius 3 is 2.55 bits per heavy atom. The molecule has 0 radical (unpaired) electrons. The van der Waals surface area contributed by atoms with Crippen molar-refractivity contribution in [3.8, 4) is 11.5 Å². The molecule has 1 aromatic heterocycles. The summed E-state index contributed by atoms with van der Waals surface area (Å²) in [6, 6.07) is 5.91. The van der Waals surface area contributed by atoms with Crippen LogP contribution in [0.25, 0.3) is 0 Å². The summed E-state index contributed by atoms with van der Waals surface area (Å²) in [7, 11) is 5.17. The van der Waals surface area contributed by atoms with Gasteiger partial charge < -0.3 is 24.2 Å². The van der Waals surface area contributed by atoms with Crippen LogP contribution in [0.5, 0.6) is 11.5 Å². The second kappa shape index (κ2) is 11.2. The number of rotatable bonds is 6. The van der Waals surface area contributed by atoms with Crippen molar-refractivity contribution < 1.29 is 14.0 Å². The van der Waals surface area contributed by atoms with E-state index in [9.17, 15) is 0 Å². The second-order valence-corrected chi connectivity index (χ2v) is 6.57. The lowest BCUT2D eigenvalue weighted by Crippen LogP contribution is -2.52. The molecule has 1 fully saturated rings. The van der Waals surface area contributed by atoms with Crippen LogP contribution in [-0.2, 0) is 13.1 Å². The average Bonchev–Trinajstić information content (AvgIpc) is 3.14. The van der Waals surface area contributed by atoms with E-state index in [0.717, 1.165) is 55.7 Å². The molecule has 0 aliphatic carbocycles. The molecule has 1 N–H and O–H groups in total. The van der Waals surface area contributed by atoms with Gasteiger partial charge in [-0.05, 0) is 18.2 Å². The number of hydrogen-bond acceptors (Lipinski definition) is 7. The van der Waals surface area contributed by atoms with Gasteiger partial charge in [0.2, 0.25) is 5.89 Å². The van der Waals surface area contributed by atoms with Gasteiger partial charge in [0.05, 0.1) is 20.8 Å². The minimum absolute atomic E-state index is 0. The van der Waals surface area contributed by atoms with Crippen molar-refractivity contribution in [1.82, 2.24) is 25.3 Å². The summed E-state index contributed by atoms with van der Waals surface area (Å²) in [5.41, 5.74) is 1.13. The minimum atomic E-state index is 0. The van der Waals surface area contributed by atoms with Crippen LogP contribution in [0.3, 0.4) is 0 Å². The number of halogens is 1. The first-order chi connectivity index (χ1) is 13.6. The zero-order valence-corrected chi connectivity index (χ0v) is 19.7. The van der Waals surface area contributed by atoms with E-state index >= 15 is 0 Å². The smallest absolute Gasteiger partial charge is 0.223 e. The number of aromatic nitrogens is 2. The molecule has 2 heterocycles. The lowest BCUT2D eigenvalue weighted by atomic mass is 10.1. The van der Waals surface area contributed by atoms with Crippen molar-refractivity contribution in [3.05, 3.63) is 35.5 Å². The number of nitrogens with one attached hydrogen (secondary N) is 1. The molecule has 1 saturated heterocycles. The summed E-state index contributed by atoms with van der Waals surface area (Å²) >= 11 is 0. The third-order valence-electron chi connectivity index (χ3n) is 4.74. The quantitative estimate of drug-likeness (QED) is 0.354. The number of methoxy groups -OCH3 is 2. The van der Waals surface area contributed by atoms with Gasteiger partial charge in [0.15, 0.2) is 11.8 Å². The highest BCUT2D eigenvalue weighted by Gasteiger charge is 2.21. The molecule has 1 aromatic carbocycles. The molecule has 29 heavy (non-hydrogen) atoms. The van der Waals surface area contributed by atoms with Gasteiger partial charge in [-0.15, -0.1) is 24.0 Å². The molecule has 0 saturated carbocycles. The van der Waals surface area contributed by atoms with Crippen LogP contribution in [0.4, 0.5) is 0 Å². The van der Waals surface area contributed by atoms with E-state index in [1.807, 2.05) is 18.2 Å². The maximum atomic E-state index is 5.50. The number of benzene rings is 1. The highest BCUT2D eigenvalue weighted by molar-refractivity contribution is 14.0. The molecule has 0 amide bonds. The number of piperazine rings is 1. The Morgan fingerprint density at radius 2 is 1.97 bits per heavy atom. The van der Waals surface area contributed by atoms with Gasteiger partial charge in [-0.1, -0.05) is 5.16 Å². The number of aliphatic imine (C=N–C) groups is 1. The van der Waals surface area contributed by atoms with E-state index in [0.29, 0.717) is 18.3 Å². The van der Waals surface area contributed by atoms with E-state index in [4.69, 9.17) is 14.0 Å². The zero-order valence-electron chi connectivity index (χ0n) is 17.3. The molecule has 0 spiro atoms. The molecular weight excluding hydrogens is 487 g/mol. The second-order valence-electron chi connectivity index (χ2n) is 6.57. The Bertz CT molecular complexity index is 805. The number of ether oxygens (including phenoxy) is 2. The summed E-state index contributed by atoms with van der Waals surface area (Å²) in [5.74, 6) is 3.77. The Kier molecular flexibility index (Phi) is 8.96. The maximum Gasteiger partial charge on any atom is 0.223 e. The fourth-order valence-electron chi connectivity index (χ4n) is 3.27. The normalized spacial score (nSPS) is 15.0. The number of nitrogens with zero attached hydrogens (tertiary/aromatic N) is 5. The highest BCUT2D eigenvalue weighted by Crippen LogP contribution is 2.25. The van der Waals surface area contributed by atoms with Crippen LogP contribution < -0.4 is 14.8 Å². The zero-order chi connectivity index (χ0) is 19.9. The van der Waals surface area contributed by atoms with E-state index in [1.54, 1.807) is 28.2 Å². The molecule has 2 aromatic rings. The van der Waals surface area contributed by atoms with E-state index in [1.165, 1.54) is 0 Å². The van der Waals surface area contributed by atoms with Gasteiger partial charge in [0.25, 0.3) is 0 Å². The van der Waals surface area contributed by atoms with Gasteiger partial charge >= 0.3 is 0 Å². The third kappa shape index (κ3) is 6.20. The average molecular weight is 516 g/mol. The van der Waals surface area contributed by atoms with Crippen LogP contribution >= 0.6 is 24.0 Å². The van der Waals surface area contributed by atoms with Gasteiger partial charge in [0, 0.05) is 52.3 Å². The number of guanidine groups is 1. The number of hydrogen-bond donors (Lipinski definition) is 1. The van der Waals surface area contributed by atoms with E-state index < -0.39 is 0 Å². The van der Waals surface area contributed by atoms with Crippen LogP contribution in [0.1, 0.15) is 17.3 Å². The Labute approximate surface area is 188 Å². The lowest BCUT2D eigenvalue weighted by molar-refractivity contribution is 0.171. The standard InChI is InChI=1S/C19H28N6O3.HI/c1-14-22-18(23-28-14)12-21-19(20-2)25-9-7-24(8-10-25)13-15-11-16(26-3)5-6-17(15)27-4;/h5-6,11H,7-10,12-13H2,1-4H3,(H,20,21);1H. The van der Waals surface area contributed by atoms with Crippen molar-refractivity contribution >= 4 is 29.9 Å². The highest BCUT2D eigenvalue weighted by atomic mass is 127. The van der Waals surface area contributed by atoms with Crippen molar-refractivity contribution in [3.63, 3.8) is 0 Å². The van der Waals surface area contributed by atoms with E-state index in [-0.39, 0.29) is 24.0 Å². The topological polar surface area (TPSA) is 88.2 Å². The SMILES string of the molecule is CN=C(NCc1noc(C)n1)N1CCN(Cc2cc(OC)ccc2OC)CC1.I. The van der Waals surface area contributed by atoms with Gasteiger partial charge in [0.1, 0.15) is 11.5 Å². The summed E-state index contributed by atoms with van der Waals surface area (Å²) < 4.78 is 15.8. The minimum Gasteiger partial charge on any atom is -0.497 e. The first kappa shape index (κ1) is 23.2. The first-order valence-electron chi connectivity index (χ1n) is 9.31. The van der Waals surface area contributed by atoms with Gasteiger partial charge in [-0.2, -0.15) is 4.98 Å². The predicted octanol–water partition coefficient (Wildman–Crippen LogP) is 1.91. The van der Waals surface area contributed by atoms with Gasteiger partial charge in [-0.25, -0.2) is 0 Å². The van der Waals surface area contributed by atoms with Crippen molar-refractivity contribution in [1.29, 1.82) is 0 Å². The molecular formula is C19H29IN6O3. The molecule has 1 aliphatic rings.